The van der Waals surface area contributed by atoms with E-state index in [2.05, 4.69) is 43.3 Å². The molecule has 3 heteroatoms. The van der Waals surface area contributed by atoms with Crippen LogP contribution >= 0.6 is 23.6 Å². The highest BCUT2D eigenvalue weighted by Crippen LogP contribution is 2.19. The summed E-state index contributed by atoms with van der Waals surface area (Å²) in [6.45, 7) is 8.09. The summed E-state index contributed by atoms with van der Waals surface area (Å²) in [6.07, 6.45) is 0. The minimum absolute atomic E-state index is 0.852. The lowest BCUT2D eigenvalue weighted by Gasteiger charge is -1.89. The van der Waals surface area contributed by atoms with Gasteiger partial charge in [0.15, 0.2) is 3.95 Å². The zero-order valence-electron chi connectivity index (χ0n) is 7.46. The molecular weight excluding hydrogens is 198 g/mol. The molecule has 0 saturated heterocycles. The fourth-order valence-electron chi connectivity index (χ4n) is 1.05. The number of rotatable bonds is 0. The van der Waals surface area contributed by atoms with Crippen LogP contribution in [0.25, 0.3) is 10.2 Å². The fraction of sp³-hybridized carbons (Fsp3) is 0.100. The molecule has 13 heavy (non-hydrogen) atoms. The van der Waals surface area contributed by atoms with Crippen LogP contribution in [0.5, 0.6) is 0 Å². The SMILES string of the molecule is C=C.Cc1ccc2[nH]c(=S)sc2c1. The van der Waals surface area contributed by atoms with Crippen LogP contribution in [0.1, 0.15) is 5.56 Å². The summed E-state index contributed by atoms with van der Waals surface area (Å²) in [5.41, 5.74) is 2.42. The van der Waals surface area contributed by atoms with Gasteiger partial charge in [-0.25, -0.2) is 0 Å². The lowest BCUT2D eigenvalue weighted by Crippen LogP contribution is -1.69. The predicted molar refractivity (Wildman–Crippen MR) is 63.0 cm³/mol. The average molecular weight is 209 g/mol. The first-order chi connectivity index (χ1) is 6.25. The van der Waals surface area contributed by atoms with Crippen LogP contribution < -0.4 is 0 Å². The summed E-state index contributed by atoms with van der Waals surface area (Å²) in [5, 5.41) is 0. The predicted octanol–water partition coefficient (Wildman–Crippen LogP) is 4.07. The third-order valence-corrected chi connectivity index (χ3v) is 2.77. The van der Waals surface area contributed by atoms with Gasteiger partial charge in [0.2, 0.25) is 0 Å². The Bertz CT molecular complexity index is 453. The maximum atomic E-state index is 5.02. The van der Waals surface area contributed by atoms with Crippen molar-refractivity contribution in [2.45, 2.75) is 6.92 Å². The van der Waals surface area contributed by atoms with Crippen LogP contribution in [-0.2, 0) is 0 Å². The van der Waals surface area contributed by atoms with Gasteiger partial charge >= 0.3 is 0 Å². The van der Waals surface area contributed by atoms with Gasteiger partial charge in [-0.3, -0.25) is 0 Å². The molecule has 0 aliphatic rings. The largest absolute Gasteiger partial charge is 0.337 e. The zero-order valence-corrected chi connectivity index (χ0v) is 9.10. The Morgan fingerprint density at radius 3 is 2.77 bits per heavy atom. The Kier molecular flexibility index (Phi) is 3.39. The number of nitrogens with one attached hydrogen (secondary N) is 1. The number of benzene rings is 1. The van der Waals surface area contributed by atoms with Crippen molar-refractivity contribution in [1.82, 2.24) is 4.98 Å². The maximum absolute atomic E-state index is 5.02. The number of aromatic nitrogens is 1. The van der Waals surface area contributed by atoms with E-state index >= 15 is 0 Å². The zero-order chi connectivity index (χ0) is 9.84. The summed E-state index contributed by atoms with van der Waals surface area (Å²) in [7, 11) is 0. The fourth-order valence-corrected chi connectivity index (χ4v) is 2.27. The van der Waals surface area contributed by atoms with Crippen molar-refractivity contribution in [2.75, 3.05) is 0 Å². The molecule has 0 bridgehead atoms. The molecule has 1 nitrogen and oxygen atoms in total. The summed E-state index contributed by atoms with van der Waals surface area (Å²) in [6, 6.07) is 6.30. The highest BCUT2D eigenvalue weighted by Gasteiger charge is 1.94. The maximum Gasteiger partial charge on any atom is 0.159 e. The lowest BCUT2D eigenvalue weighted by molar-refractivity contribution is 1.45. The minimum Gasteiger partial charge on any atom is -0.337 e. The number of hydrogen-bond donors (Lipinski definition) is 1. The summed E-state index contributed by atoms with van der Waals surface area (Å²) < 4.78 is 2.10. The molecule has 0 unspecified atom stereocenters. The molecule has 0 saturated carbocycles. The second-order valence-electron chi connectivity index (χ2n) is 2.51. The van der Waals surface area contributed by atoms with E-state index < -0.39 is 0 Å². The molecular formula is C10H11NS2. The third kappa shape index (κ3) is 2.26. The molecule has 1 N–H and O–H groups in total. The number of thiazole rings is 1. The molecule has 1 aromatic carbocycles. The molecule has 0 atom stereocenters. The molecule has 0 fully saturated rings. The van der Waals surface area contributed by atoms with Crippen LogP contribution in [0.2, 0.25) is 0 Å². The molecule has 0 aliphatic carbocycles. The molecule has 0 amide bonds. The van der Waals surface area contributed by atoms with E-state index in [1.165, 1.54) is 10.3 Å². The molecule has 2 aromatic rings. The van der Waals surface area contributed by atoms with Crippen LogP contribution in [0, 0.1) is 10.9 Å². The van der Waals surface area contributed by atoms with E-state index in [1.807, 2.05) is 0 Å². The molecule has 2 rings (SSSR count). The highest BCUT2D eigenvalue weighted by molar-refractivity contribution is 7.73. The third-order valence-electron chi connectivity index (χ3n) is 1.58. The van der Waals surface area contributed by atoms with E-state index in [0.29, 0.717) is 0 Å². The number of aromatic amines is 1. The van der Waals surface area contributed by atoms with E-state index in [-0.39, 0.29) is 0 Å². The van der Waals surface area contributed by atoms with E-state index in [0.717, 1.165) is 9.47 Å². The molecule has 1 heterocycles. The Hall–Kier alpha value is -0.930. The van der Waals surface area contributed by atoms with Gasteiger partial charge in [0.05, 0.1) is 10.2 Å². The van der Waals surface area contributed by atoms with Gasteiger partial charge in [0, 0.05) is 0 Å². The van der Waals surface area contributed by atoms with Gasteiger partial charge in [0.1, 0.15) is 0 Å². The van der Waals surface area contributed by atoms with Gasteiger partial charge < -0.3 is 4.98 Å². The summed E-state index contributed by atoms with van der Waals surface area (Å²) in [5.74, 6) is 0. The van der Waals surface area contributed by atoms with Crippen LogP contribution in [0.4, 0.5) is 0 Å². The smallest absolute Gasteiger partial charge is 0.159 e. The van der Waals surface area contributed by atoms with Gasteiger partial charge in [-0.15, -0.1) is 24.5 Å². The molecule has 0 aliphatic heterocycles. The van der Waals surface area contributed by atoms with Crippen LogP contribution in [0.3, 0.4) is 0 Å². The first-order valence-corrected chi connectivity index (χ1v) is 5.08. The van der Waals surface area contributed by atoms with Crippen molar-refractivity contribution in [1.29, 1.82) is 0 Å². The normalized spacial score (nSPS) is 9.31. The summed E-state index contributed by atoms with van der Waals surface area (Å²) in [4.78, 5) is 3.12. The van der Waals surface area contributed by atoms with Crippen LogP contribution in [-0.4, -0.2) is 4.98 Å². The number of H-pyrrole nitrogens is 1. The van der Waals surface area contributed by atoms with Gasteiger partial charge in [-0.2, -0.15) is 0 Å². The number of fused-ring (bicyclic) bond motifs is 1. The second-order valence-corrected chi connectivity index (χ2v) is 4.23. The lowest BCUT2D eigenvalue weighted by atomic mass is 10.2. The Balaban J connectivity index is 0.000000396. The standard InChI is InChI=1S/C8H7NS2.C2H4/c1-5-2-3-6-7(4-5)11-8(10)9-6;1-2/h2-4H,1H3,(H,9,10);1-2H2. The Morgan fingerprint density at radius 1 is 1.38 bits per heavy atom. The topological polar surface area (TPSA) is 15.8 Å². The average Bonchev–Trinajstić information content (AvgIpc) is 2.48. The number of hydrogen-bond acceptors (Lipinski definition) is 2. The number of aryl methyl sites for hydroxylation is 1. The summed E-state index contributed by atoms with van der Waals surface area (Å²) >= 11 is 6.64. The van der Waals surface area contributed by atoms with Gasteiger partial charge in [0.25, 0.3) is 0 Å². The molecule has 0 radical (unpaired) electrons. The highest BCUT2D eigenvalue weighted by atomic mass is 32.1. The van der Waals surface area contributed by atoms with E-state index in [9.17, 15) is 0 Å². The Labute approximate surface area is 86.7 Å². The van der Waals surface area contributed by atoms with Crippen molar-refractivity contribution in [3.8, 4) is 0 Å². The van der Waals surface area contributed by atoms with Crippen molar-refractivity contribution in [2.24, 2.45) is 0 Å². The van der Waals surface area contributed by atoms with Crippen LogP contribution in [0.15, 0.2) is 31.4 Å². The van der Waals surface area contributed by atoms with Gasteiger partial charge in [-0.1, -0.05) is 6.07 Å². The first-order valence-electron chi connectivity index (χ1n) is 3.85. The van der Waals surface area contributed by atoms with Gasteiger partial charge in [-0.05, 0) is 36.8 Å². The molecule has 68 valence electrons. The van der Waals surface area contributed by atoms with E-state index in [4.69, 9.17) is 12.2 Å². The van der Waals surface area contributed by atoms with Crippen molar-refractivity contribution >= 4 is 33.8 Å². The first kappa shape index (κ1) is 10.2. The molecule has 0 spiro atoms. The second kappa shape index (κ2) is 4.35. The minimum atomic E-state index is 0.852. The van der Waals surface area contributed by atoms with Crippen molar-refractivity contribution in [3.05, 3.63) is 40.9 Å². The Morgan fingerprint density at radius 2 is 2.08 bits per heavy atom. The van der Waals surface area contributed by atoms with E-state index in [1.54, 1.807) is 11.3 Å². The van der Waals surface area contributed by atoms with Crippen molar-refractivity contribution in [3.63, 3.8) is 0 Å². The van der Waals surface area contributed by atoms with Crippen molar-refractivity contribution < 1.29 is 0 Å². The quantitative estimate of drug-likeness (QED) is 0.511. The molecule has 1 aromatic heterocycles. The monoisotopic (exact) mass is 209 g/mol.